The van der Waals surface area contributed by atoms with Gasteiger partial charge in [-0.3, -0.25) is 9.59 Å². The molecule has 4 atom stereocenters. The lowest BCUT2D eigenvalue weighted by atomic mass is 9.74. The molecule has 0 radical (unpaired) electrons. The van der Waals surface area contributed by atoms with E-state index >= 15 is 0 Å². The summed E-state index contributed by atoms with van der Waals surface area (Å²) in [7, 11) is 0. The zero-order valence-corrected chi connectivity index (χ0v) is 18.4. The summed E-state index contributed by atoms with van der Waals surface area (Å²) in [4.78, 5) is 38.6. The highest BCUT2D eigenvalue weighted by molar-refractivity contribution is 6.46. The quantitative estimate of drug-likeness (QED) is 0.509. The van der Waals surface area contributed by atoms with Crippen molar-refractivity contribution in [2.75, 3.05) is 0 Å². The van der Waals surface area contributed by atoms with Gasteiger partial charge >= 0.3 is 5.97 Å². The van der Waals surface area contributed by atoms with Crippen molar-refractivity contribution in [3.05, 3.63) is 57.6 Å². The third-order valence-electron chi connectivity index (χ3n) is 5.87. The molecular formula is C23H25ClO6. The van der Waals surface area contributed by atoms with Crippen LogP contribution in [0, 0.1) is 11.8 Å². The van der Waals surface area contributed by atoms with E-state index in [2.05, 4.69) is 13.8 Å². The van der Waals surface area contributed by atoms with Gasteiger partial charge in [0.2, 0.25) is 5.78 Å². The number of rotatable bonds is 6. The molecule has 160 valence electrons. The van der Waals surface area contributed by atoms with Crippen LogP contribution in [0.25, 0.3) is 0 Å². The van der Waals surface area contributed by atoms with Crippen molar-refractivity contribution < 1.29 is 29.0 Å². The molecule has 2 heterocycles. The maximum atomic E-state index is 13.0. The largest absolute Gasteiger partial charge is 0.464 e. The maximum Gasteiger partial charge on any atom is 0.343 e. The molecule has 1 N–H and O–H groups in total. The molecule has 0 spiro atoms. The maximum absolute atomic E-state index is 13.0. The SMILES string of the molecule is CCC(C)/C=C/C1=CC2=C(Cl)C(=O)C3(C)OC(=O)C(C(=O)C(C)C(C)O)=C3C2=CO1. The van der Waals surface area contributed by atoms with Gasteiger partial charge in [0, 0.05) is 22.6 Å². The molecule has 0 amide bonds. The van der Waals surface area contributed by atoms with Crippen LogP contribution >= 0.6 is 11.6 Å². The summed E-state index contributed by atoms with van der Waals surface area (Å²) in [6.07, 6.45) is 6.76. The molecule has 4 unspecified atom stereocenters. The van der Waals surface area contributed by atoms with E-state index in [0.717, 1.165) is 6.42 Å². The van der Waals surface area contributed by atoms with Crippen molar-refractivity contribution in [1.82, 2.24) is 0 Å². The van der Waals surface area contributed by atoms with Gasteiger partial charge in [0.05, 0.1) is 17.4 Å². The fourth-order valence-electron chi connectivity index (χ4n) is 3.48. The van der Waals surface area contributed by atoms with Gasteiger partial charge in [-0.05, 0) is 31.9 Å². The lowest BCUT2D eigenvalue weighted by Gasteiger charge is -2.33. The van der Waals surface area contributed by atoms with E-state index in [1.807, 2.05) is 6.08 Å². The monoisotopic (exact) mass is 432 g/mol. The third kappa shape index (κ3) is 3.48. The van der Waals surface area contributed by atoms with Gasteiger partial charge in [-0.1, -0.05) is 44.9 Å². The van der Waals surface area contributed by atoms with Gasteiger partial charge in [-0.15, -0.1) is 0 Å². The van der Waals surface area contributed by atoms with E-state index in [0.29, 0.717) is 22.8 Å². The first kappa shape index (κ1) is 22.2. The van der Waals surface area contributed by atoms with Crippen molar-refractivity contribution in [2.45, 2.75) is 52.7 Å². The zero-order chi connectivity index (χ0) is 22.4. The van der Waals surface area contributed by atoms with Crippen molar-refractivity contribution >= 4 is 29.1 Å². The molecular weight excluding hydrogens is 408 g/mol. The zero-order valence-electron chi connectivity index (χ0n) is 17.6. The molecule has 3 aliphatic rings. The molecule has 0 aromatic heterocycles. The molecule has 0 fully saturated rings. The molecule has 30 heavy (non-hydrogen) atoms. The predicted molar refractivity (Wildman–Crippen MR) is 111 cm³/mol. The van der Waals surface area contributed by atoms with Gasteiger partial charge in [-0.2, -0.15) is 0 Å². The Kier molecular flexibility index (Phi) is 5.94. The number of carbonyl (C=O) groups is 3. The Bertz CT molecular complexity index is 978. The predicted octanol–water partition coefficient (Wildman–Crippen LogP) is 3.66. The van der Waals surface area contributed by atoms with Crippen LogP contribution in [0.1, 0.15) is 41.0 Å². The number of aliphatic hydroxyl groups excluding tert-OH is 1. The van der Waals surface area contributed by atoms with Gasteiger partial charge in [0.15, 0.2) is 11.4 Å². The molecule has 7 heteroatoms. The van der Waals surface area contributed by atoms with Crippen molar-refractivity contribution in [2.24, 2.45) is 11.8 Å². The van der Waals surface area contributed by atoms with Gasteiger partial charge in [0.1, 0.15) is 11.3 Å². The highest BCUT2D eigenvalue weighted by atomic mass is 35.5. The second-order valence-electron chi connectivity index (χ2n) is 8.06. The van der Waals surface area contributed by atoms with Gasteiger partial charge in [-0.25, -0.2) is 4.79 Å². The lowest BCUT2D eigenvalue weighted by molar-refractivity contribution is -0.153. The number of allylic oxidation sites excluding steroid dienone is 4. The third-order valence-corrected chi connectivity index (χ3v) is 6.25. The molecule has 6 nitrogen and oxygen atoms in total. The topological polar surface area (TPSA) is 89.9 Å². The van der Waals surface area contributed by atoms with Crippen LogP contribution in [-0.4, -0.2) is 34.3 Å². The van der Waals surface area contributed by atoms with E-state index in [-0.39, 0.29) is 16.2 Å². The Morgan fingerprint density at radius 3 is 2.57 bits per heavy atom. The van der Waals surface area contributed by atoms with E-state index in [9.17, 15) is 19.5 Å². The lowest BCUT2D eigenvalue weighted by Crippen LogP contribution is -2.42. The van der Waals surface area contributed by atoms with Crippen LogP contribution in [0.5, 0.6) is 0 Å². The normalized spacial score (nSPS) is 26.5. The first-order valence-electron chi connectivity index (χ1n) is 9.95. The minimum atomic E-state index is -1.71. The Morgan fingerprint density at radius 1 is 1.30 bits per heavy atom. The number of ketones is 2. The Morgan fingerprint density at radius 2 is 1.97 bits per heavy atom. The van der Waals surface area contributed by atoms with E-state index in [1.165, 1.54) is 27.0 Å². The average Bonchev–Trinajstić information content (AvgIpc) is 3.00. The van der Waals surface area contributed by atoms with Gasteiger partial charge < -0.3 is 14.6 Å². The summed E-state index contributed by atoms with van der Waals surface area (Å²) >= 11 is 6.37. The number of aliphatic hydroxyl groups is 1. The van der Waals surface area contributed by atoms with Crippen LogP contribution < -0.4 is 0 Å². The summed E-state index contributed by atoms with van der Waals surface area (Å²) in [6, 6.07) is 0. The van der Waals surface area contributed by atoms with Crippen molar-refractivity contribution in [3.8, 4) is 0 Å². The first-order chi connectivity index (χ1) is 14.0. The highest BCUT2D eigenvalue weighted by Gasteiger charge is 2.57. The number of ether oxygens (including phenoxy) is 2. The number of halogens is 1. The fraction of sp³-hybridized carbons (Fsp3) is 0.435. The van der Waals surface area contributed by atoms with Crippen LogP contribution in [-0.2, 0) is 23.9 Å². The van der Waals surface area contributed by atoms with Crippen molar-refractivity contribution in [1.29, 1.82) is 0 Å². The minimum Gasteiger partial charge on any atom is -0.464 e. The molecule has 0 saturated carbocycles. The summed E-state index contributed by atoms with van der Waals surface area (Å²) in [5.74, 6) is -2.12. The number of esters is 1. The van der Waals surface area contributed by atoms with Crippen LogP contribution in [0.4, 0.5) is 0 Å². The number of Topliss-reactive ketones (excluding diaryl/α,β-unsaturated/α-hetero) is 2. The molecule has 1 aliphatic carbocycles. The molecule has 0 saturated heterocycles. The van der Waals surface area contributed by atoms with E-state index in [4.69, 9.17) is 21.1 Å². The standard InChI is InChI=1S/C23H25ClO6/c1-6-11(2)7-8-14-9-15-16(10-29-14)18-17(20(26)12(3)13(4)25)22(28)30-23(18,5)21(27)19(15)24/h7-13,25H,6H2,1-5H3/b8-7+. The highest BCUT2D eigenvalue weighted by Crippen LogP contribution is 2.49. The summed E-state index contributed by atoms with van der Waals surface area (Å²) in [6.45, 7) is 8.53. The van der Waals surface area contributed by atoms with Crippen molar-refractivity contribution in [3.63, 3.8) is 0 Å². The molecule has 0 aromatic rings. The minimum absolute atomic E-state index is 0.0877. The van der Waals surface area contributed by atoms with Crippen LogP contribution in [0.3, 0.4) is 0 Å². The number of carbonyl (C=O) groups excluding carboxylic acids is 3. The smallest absolute Gasteiger partial charge is 0.343 e. The average molecular weight is 433 g/mol. The van der Waals surface area contributed by atoms with Gasteiger partial charge in [0.25, 0.3) is 0 Å². The summed E-state index contributed by atoms with van der Waals surface area (Å²) < 4.78 is 11.1. The Hall–Kier alpha value is -2.44. The molecule has 0 aromatic carbocycles. The molecule has 0 bridgehead atoms. The Labute approximate surface area is 180 Å². The summed E-state index contributed by atoms with van der Waals surface area (Å²) in [5, 5.41) is 9.75. The Balaban J connectivity index is 2.15. The second-order valence-corrected chi connectivity index (χ2v) is 8.44. The molecule has 2 aliphatic heterocycles. The fourth-order valence-corrected chi connectivity index (χ4v) is 3.82. The van der Waals surface area contributed by atoms with Crippen LogP contribution in [0.15, 0.2) is 57.6 Å². The van der Waals surface area contributed by atoms with E-state index in [1.54, 1.807) is 12.2 Å². The second kappa shape index (κ2) is 8.00. The number of fused-ring (bicyclic) bond motifs is 3. The number of hydrogen-bond donors (Lipinski definition) is 1. The summed E-state index contributed by atoms with van der Waals surface area (Å²) in [5.41, 5.74) is -1.10. The molecule has 3 rings (SSSR count). The van der Waals surface area contributed by atoms with E-state index < -0.39 is 35.2 Å². The van der Waals surface area contributed by atoms with Crippen LogP contribution in [0.2, 0.25) is 0 Å². The number of hydrogen-bond acceptors (Lipinski definition) is 6. The first-order valence-corrected chi connectivity index (χ1v) is 10.3.